The van der Waals surface area contributed by atoms with Crippen LogP contribution >= 0.6 is 11.3 Å². The Morgan fingerprint density at radius 1 is 0.784 bits per heavy atom. The number of furan rings is 1. The largest absolute Gasteiger partial charge is 0.455 e. The van der Waals surface area contributed by atoms with Crippen LogP contribution in [-0.4, -0.2) is 8.42 Å². The number of aryl methyl sites for hydroxylation is 1. The van der Waals surface area contributed by atoms with Gasteiger partial charge in [-0.25, -0.2) is 8.42 Å². The number of hydrogen-bond donors (Lipinski definition) is 0. The molecular formula is C32H26O3S2. The van der Waals surface area contributed by atoms with Gasteiger partial charge in [-0.05, 0) is 42.2 Å². The first kappa shape index (κ1) is 23.7. The minimum atomic E-state index is -3.63. The van der Waals surface area contributed by atoms with E-state index >= 15 is 0 Å². The van der Waals surface area contributed by atoms with Crippen LogP contribution in [0.15, 0.2) is 106 Å². The lowest BCUT2D eigenvalue weighted by molar-refractivity contribution is 0.600. The van der Waals surface area contributed by atoms with Crippen molar-refractivity contribution in [2.45, 2.75) is 26.7 Å². The summed E-state index contributed by atoms with van der Waals surface area (Å²) in [5.74, 6) is 0.625. The van der Waals surface area contributed by atoms with Crippen LogP contribution in [0, 0.1) is 0 Å². The molecule has 0 N–H and O–H groups in total. The van der Waals surface area contributed by atoms with Gasteiger partial charge in [0.1, 0.15) is 11.3 Å². The van der Waals surface area contributed by atoms with Gasteiger partial charge in [0.15, 0.2) is 0 Å². The number of benzene rings is 3. The van der Waals surface area contributed by atoms with Crippen molar-refractivity contribution in [3.63, 3.8) is 0 Å². The number of sulfone groups is 1. The first-order chi connectivity index (χ1) is 18.0. The number of hydrogen-bond acceptors (Lipinski definition) is 4. The highest BCUT2D eigenvalue weighted by Crippen LogP contribution is 2.49. The summed E-state index contributed by atoms with van der Waals surface area (Å²) in [5, 5.41) is 0.992. The zero-order valence-electron chi connectivity index (χ0n) is 20.7. The molecule has 0 saturated heterocycles. The van der Waals surface area contributed by atoms with E-state index in [1.807, 2.05) is 61.5 Å². The summed E-state index contributed by atoms with van der Waals surface area (Å²) in [6, 6.07) is 29.9. The van der Waals surface area contributed by atoms with Crippen molar-refractivity contribution in [1.82, 2.24) is 0 Å². The molecule has 3 aromatic carbocycles. The molecule has 0 aliphatic carbocycles. The molecule has 0 unspecified atom stereocenters. The van der Waals surface area contributed by atoms with Crippen LogP contribution in [0.2, 0.25) is 0 Å². The first-order valence-corrected chi connectivity index (χ1v) is 14.8. The number of fused-ring (bicyclic) bond motifs is 1. The average molecular weight is 523 g/mol. The van der Waals surface area contributed by atoms with Crippen molar-refractivity contribution in [2.24, 2.45) is 0 Å². The summed E-state index contributed by atoms with van der Waals surface area (Å²) in [7, 11) is -3.63. The normalized spacial score (nSPS) is 14.9. The fourth-order valence-electron chi connectivity index (χ4n) is 5.13. The quantitative estimate of drug-likeness (QED) is 0.224. The Hall–Kier alpha value is -3.67. The Morgan fingerprint density at radius 3 is 2.11 bits per heavy atom. The molecule has 37 heavy (non-hydrogen) atoms. The topological polar surface area (TPSA) is 47.3 Å². The molecule has 1 aliphatic heterocycles. The molecule has 1 aliphatic rings. The van der Waals surface area contributed by atoms with E-state index in [0.29, 0.717) is 33.1 Å². The smallest absolute Gasteiger partial charge is 0.204 e. The zero-order valence-corrected chi connectivity index (χ0v) is 22.3. The van der Waals surface area contributed by atoms with E-state index in [-0.39, 0.29) is 0 Å². The third kappa shape index (κ3) is 3.90. The lowest BCUT2D eigenvalue weighted by Crippen LogP contribution is -2.02. The molecule has 5 aromatic rings. The molecule has 0 radical (unpaired) electrons. The highest BCUT2D eigenvalue weighted by molar-refractivity contribution is 8.04. The summed E-state index contributed by atoms with van der Waals surface area (Å²) < 4.78 is 33.9. The number of thiophene rings is 1. The third-order valence-corrected chi connectivity index (χ3v) is 10.3. The molecule has 5 heteroatoms. The van der Waals surface area contributed by atoms with E-state index in [0.717, 1.165) is 28.5 Å². The van der Waals surface area contributed by atoms with E-state index in [1.165, 1.54) is 15.3 Å². The molecule has 0 bridgehead atoms. The molecule has 3 nitrogen and oxygen atoms in total. The molecule has 6 rings (SSSR count). The van der Waals surface area contributed by atoms with Crippen LogP contribution in [0.1, 0.15) is 36.5 Å². The molecule has 0 amide bonds. The second-order valence-corrected chi connectivity index (χ2v) is 12.1. The Bertz CT molecular complexity index is 1780. The Balaban J connectivity index is 1.63. The van der Waals surface area contributed by atoms with Gasteiger partial charge in [-0.1, -0.05) is 92.7 Å². The molecular weight excluding hydrogens is 496 g/mol. The maximum Gasteiger partial charge on any atom is 0.204 e. The van der Waals surface area contributed by atoms with E-state index < -0.39 is 9.84 Å². The second kappa shape index (κ2) is 9.33. The number of para-hydroxylation sites is 1. The number of allylic oxidation sites excluding steroid dienone is 3. The van der Waals surface area contributed by atoms with Crippen LogP contribution in [0.3, 0.4) is 0 Å². The fraction of sp³-hybridized carbons (Fsp3) is 0.125. The van der Waals surface area contributed by atoms with Gasteiger partial charge in [-0.3, -0.25) is 0 Å². The van der Waals surface area contributed by atoms with Gasteiger partial charge in [0, 0.05) is 31.8 Å². The first-order valence-electron chi connectivity index (χ1n) is 12.5. The van der Waals surface area contributed by atoms with Gasteiger partial charge in [0.05, 0.1) is 9.81 Å². The van der Waals surface area contributed by atoms with E-state index in [1.54, 1.807) is 17.4 Å². The molecule has 2 aromatic heterocycles. The highest BCUT2D eigenvalue weighted by atomic mass is 32.2. The van der Waals surface area contributed by atoms with Gasteiger partial charge in [0.2, 0.25) is 9.84 Å². The second-order valence-electron chi connectivity index (χ2n) is 9.04. The summed E-state index contributed by atoms with van der Waals surface area (Å²) in [4.78, 5) is 3.17. The summed E-state index contributed by atoms with van der Waals surface area (Å²) >= 11 is 1.78. The lowest BCUT2D eigenvalue weighted by atomic mass is 9.96. The Labute approximate surface area is 221 Å². The summed E-state index contributed by atoms with van der Waals surface area (Å²) in [6.07, 6.45) is 3.07. The summed E-state index contributed by atoms with van der Waals surface area (Å²) in [5.41, 5.74) is 5.34. The van der Waals surface area contributed by atoms with Crippen LogP contribution in [0.25, 0.3) is 43.0 Å². The van der Waals surface area contributed by atoms with E-state index in [2.05, 4.69) is 43.3 Å². The maximum absolute atomic E-state index is 13.7. The van der Waals surface area contributed by atoms with Crippen LogP contribution in [0.5, 0.6) is 0 Å². The minimum Gasteiger partial charge on any atom is -0.455 e. The van der Waals surface area contributed by atoms with Crippen molar-refractivity contribution in [1.29, 1.82) is 0 Å². The van der Waals surface area contributed by atoms with E-state index in [4.69, 9.17) is 4.42 Å². The zero-order chi connectivity index (χ0) is 25.6. The van der Waals surface area contributed by atoms with Crippen molar-refractivity contribution in [3.8, 4) is 21.6 Å². The molecule has 0 atom stereocenters. The van der Waals surface area contributed by atoms with E-state index in [9.17, 15) is 8.42 Å². The Kier molecular flexibility index (Phi) is 5.98. The predicted octanol–water partition coefficient (Wildman–Crippen LogP) is 8.98. The van der Waals surface area contributed by atoms with Crippen LogP contribution in [-0.2, 0) is 16.3 Å². The average Bonchev–Trinajstić information content (AvgIpc) is 3.60. The molecule has 0 fully saturated rings. The molecule has 0 spiro atoms. The van der Waals surface area contributed by atoms with Gasteiger partial charge < -0.3 is 4.42 Å². The lowest BCUT2D eigenvalue weighted by Gasteiger charge is -2.07. The highest BCUT2D eigenvalue weighted by Gasteiger charge is 2.35. The van der Waals surface area contributed by atoms with Gasteiger partial charge in [0.25, 0.3) is 0 Å². The maximum atomic E-state index is 13.7. The predicted molar refractivity (Wildman–Crippen MR) is 155 cm³/mol. The van der Waals surface area contributed by atoms with Crippen molar-refractivity contribution >= 4 is 42.6 Å². The minimum absolute atomic E-state index is 0.331. The monoisotopic (exact) mass is 522 g/mol. The Morgan fingerprint density at radius 2 is 1.43 bits per heavy atom. The van der Waals surface area contributed by atoms with Gasteiger partial charge >= 0.3 is 0 Å². The summed E-state index contributed by atoms with van der Waals surface area (Å²) in [6.45, 7) is 4.06. The van der Waals surface area contributed by atoms with Crippen molar-refractivity contribution < 1.29 is 12.8 Å². The van der Waals surface area contributed by atoms with Crippen LogP contribution < -0.4 is 0 Å². The number of rotatable bonds is 6. The van der Waals surface area contributed by atoms with Gasteiger partial charge in [-0.2, -0.15) is 0 Å². The third-order valence-electron chi connectivity index (χ3n) is 6.87. The van der Waals surface area contributed by atoms with Crippen LogP contribution in [0.4, 0.5) is 0 Å². The fourth-order valence-corrected chi connectivity index (χ4v) is 8.05. The molecule has 3 heterocycles. The molecule has 184 valence electrons. The molecule has 0 saturated carbocycles. The SMILES string of the molecule is CCC1=C(c2oc3ccccc3c2-c2cc(-c3ccccc3)sc2CC)C=C(c2ccccc2)S1(=O)=O. The van der Waals surface area contributed by atoms with Crippen molar-refractivity contribution in [2.75, 3.05) is 0 Å². The standard InChI is InChI=1S/C32H26O3S2/c1-3-27-24(19-28(36-27)21-13-7-5-8-14-21)31-23-17-11-12-18-26(23)35-32(31)25-20-30(22-15-9-6-10-16-22)37(33,34)29(25)4-2/h5-20H,3-4H2,1-2H3. The van der Waals surface area contributed by atoms with Crippen molar-refractivity contribution in [3.05, 3.63) is 118 Å². The van der Waals surface area contributed by atoms with Gasteiger partial charge in [-0.15, -0.1) is 11.3 Å².